The Morgan fingerprint density at radius 3 is 2.65 bits per heavy atom. The Bertz CT molecular complexity index is 361. The summed E-state index contributed by atoms with van der Waals surface area (Å²) in [5.74, 6) is 0.970. The van der Waals surface area contributed by atoms with E-state index >= 15 is 0 Å². The van der Waals surface area contributed by atoms with E-state index in [0.717, 1.165) is 42.2 Å². The molecule has 0 aliphatic carbocycles. The van der Waals surface area contributed by atoms with E-state index in [1.165, 1.54) is 12.8 Å². The van der Waals surface area contributed by atoms with Gasteiger partial charge in [-0.05, 0) is 49.9 Å². The Morgan fingerprint density at radius 1 is 1.35 bits per heavy atom. The maximum Gasteiger partial charge on any atom is 0.125 e. The van der Waals surface area contributed by atoms with Crippen LogP contribution in [0.2, 0.25) is 0 Å². The Morgan fingerprint density at radius 2 is 2.06 bits per heavy atom. The molecule has 0 aromatic heterocycles. The second-order valence-corrected chi connectivity index (χ2v) is 4.76. The van der Waals surface area contributed by atoms with Gasteiger partial charge in [-0.3, -0.25) is 0 Å². The van der Waals surface area contributed by atoms with Crippen LogP contribution >= 0.6 is 0 Å². The number of rotatable bonds is 4. The average molecular weight is 235 g/mol. The highest BCUT2D eigenvalue weighted by atomic mass is 16.5. The third-order valence-electron chi connectivity index (χ3n) is 3.19. The van der Waals surface area contributed by atoms with Crippen LogP contribution in [0.25, 0.3) is 0 Å². The molecule has 1 aliphatic heterocycles. The van der Waals surface area contributed by atoms with Crippen LogP contribution in [0, 0.1) is 13.8 Å². The number of ether oxygens (including phenoxy) is 2. The van der Waals surface area contributed by atoms with E-state index in [4.69, 9.17) is 15.2 Å². The van der Waals surface area contributed by atoms with Gasteiger partial charge in [-0.15, -0.1) is 0 Å². The monoisotopic (exact) mass is 235 g/mol. The first kappa shape index (κ1) is 12.2. The van der Waals surface area contributed by atoms with Crippen molar-refractivity contribution in [2.75, 3.05) is 18.9 Å². The molecule has 0 bridgehead atoms. The van der Waals surface area contributed by atoms with Crippen LogP contribution in [0.5, 0.6) is 5.75 Å². The molecule has 3 nitrogen and oxygen atoms in total. The second kappa shape index (κ2) is 5.41. The number of anilines is 1. The van der Waals surface area contributed by atoms with Gasteiger partial charge in [0.1, 0.15) is 5.75 Å². The van der Waals surface area contributed by atoms with E-state index in [2.05, 4.69) is 0 Å². The standard InChI is InChI=1S/C14H21NO2/c1-10-8-12(15)9-11(2)14(10)17-7-5-13-4-3-6-16-13/h8-9,13H,3-7,15H2,1-2H3. The molecular formula is C14H21NO2. The van der Waals surface area contributed by atoms with Crippen LogP contribution in [-0.2, 0) is 4.74 Å². The first-order valence-corrected chi connectivity index (χ1v) is 6.28. The lowest BCUT2D eigenvalue weighted by Crippen LogP contribution is -2.11. The van der Waals surface area contributed by atoms with Crippen LogP contribution in [0.15, 0.2) is 12.1 Å². The minimum absolute atomic E-state index is 0.393. The lowest BCUT2D eigenvalue weighted by Gasteiger charge is -2.14. The summed E-state index contributed by atoms with van der Waals surface area (Å²) in [7, 11) is 0. The molecule has 1 atom stereocenters. The fourth-order valence-corrected chi connectivity index (χ4v) is 2.38. The van der Waals surface area contributed by atoms with E-state index in [-0.39, 0.29) is 0 Å². The van der Waals surface area contributed by atoms with E-state index in [1.54, 1.807) is 0 Å². The van der Waals surface area contributed by atoms with E-state index < -0.39 is 0 Å². The van der Waals surface area contributed by atoms with Crippen LogP contribution in [-0.4, -0.2) is 19.3 Å². The largest absolute Gasteiger partial charge is 0.493 e. The fraction of sp³-hybridized carbons (Fsp3) is 0.571. The Labute approximate surface area is 103 Å². The summed E-state index contributed by atoms with van der Waals surface area (Å²) in [6, 6.07) is 3.91. The van der Waals surface area contributed by atoms with Crippen molar-refractivity contribution in [3.05, 3.63) is 23.3 Å². The second-order valence-electron chi connectivity index (χ2n) is 4.76. The number of hydrogen-bond acceptors (Lipinski definition) is 3. The SMILES string of the molecule is Cc1cc(N)cc(C)c1OCCC1CCCO1. The maximum absolute atomic E-state index is 5.85. The molecule has 0 amide bonds. The third-order valence-corrected chi connectivity index (χ3v) is 3.19. The lowest BCUT2D eigenvalue weighted by atomic mass is 10.1. The van der Waals surface area contributed by atoms with Crippen LogP contribution < -0.4 is 10.5 Å². The first-order chi connectivity index (χ1) is 8.16. The van der Waals surface area contributed by atoms with Crippen molar-refractivity contribution in [1.29, 1.82) is 0 Å². The summed E-state index contributed by atoms with van der Waals surface area (Å²) >= 11 is 0. The first-order valence-electron chi connectivity index (χ1n) is 6.28. The zero-order chi connectivity index (χ0) is 12.3. The molecule has 0 saturated carbocycles. The van der Waals surface area contributed by atoms with Gasteiger partial charge in [-0.25, -0.2) is 0 Å². The summed E-state index contributed by atoms with van der Waals surface area (Å²) in [4.78, 5) is 0. The summed E-state index contributed by atoms with van der Waals surface area (Å²) < 4.78 is 11.4. The number of benzene rings is 1. The zero-order valence-electron chi connectivity index (χ0n) is 10.7. The quantitative estimate of drug-likeness (QED) is 0.816. The van der Waals surface area contributed by atoms with E-state index in [1.807, 2.05) is 26.0 Å². The van der Waals surface area contributed by atoms with E-state index in [9.17, 15) is 0 Å². The van der Waals surface area contributed by atoms with Crippen molar-refractivity contribution in [2.45, 2.75) is 39.2 Å². The molecule has 1 saturated heterocycles. The van der Waals surface area contributed by atoms with Crippen molar-refractivity contribution in [1.82, 2.24) is 0 Å². The molecule has 1 heterocycles. The zero-order valence-corrected chi connectivity index (χ0v) is 10.7. The predicted molar refractivity (Wildman–Crippen MR) is 69.4 cm³/mol. The highest BCUT2D eigenvalue weighted by Crippen LogP contribution is 2.26. The third kappa shape index (κ3) is 3.13. The van der Waals surface area contributed by atoms with Crippen molar-refractivity contribution in [3.8, 4) is 5.75 Å². The molecule has 2 rings (SSSR count). The molecule has 2 N–H and O–H groups in total. The number of hydrogen-bond donors (Lipinski definition) is 1. The van der Waals surface area contributed by atoms with Gasteiger partial charge >= 0.3 is 0 Å². The minimum Gasteiger partial charge on any atom is -0.493 e. The average Bonchev–Trinajstić information content (AvgIpc) is 2.74. The van der Waals surface area contributed by atoms with E-state index in [0.29, 0.717) is 6.10 Å². The highest BCUT2D eigenvalue weighted by molar-refractivity contribution is 5.52. The molecule has 94 valence electrons. The van der Waals surface area contributed by atoms with Crippen molar-refractivity contribution in [2.24, 2.45) is 0 Å². The van der Waals surface area contributed by atoms with Gasteiger partial charge in [-0.2, -0.15) is 0 Å². The minimum atomic E-state index is 0.393. The van der Waals surface area contributed by atoms with Gasteiger partial charge in [0, 0.05) is 18.7 Å². The highest BCUT2D eigenvalue weighted by Gasteiger charge is 2.15. The molecule has 17 heavy (non-hydrogen) atoms. The van der Waals surface area contributed by atoms with Crippen molar-refractivity contribution >= 4 is 5.69 Å². The van der Waals surface area contributed by atoms with Crippen LogP contribution in [0.4, 0.5) is 5.69 Å². The summed E-state index contributed by atoms with van der Waals surface area (Å²) in [5.41, 5.74) is 8.79. The molecule has 1 fully saturated rings. The molecule has 1 aromatic rings. The maximum atomic E-state index is 5.85. The topological polar surface area (TPSA) is 44.5 Å². The summed E-state index contributed by atoms with van der Waals surface area (Å²) in [5, 5.41) is 0. The molecule has 1 aliphatic rings. The number of nitrogen functional groups attached to an aromatic ring is 1. The molecule has 1 unspecified atom stereocenters. The smallest absolute Gasteiger partial charge is 0.125 e. The van der Waals surface area contributed by atoms with Crippen molar-refractivity contribution < 1.29 is 9.47 Å². The van der Waals surface area contributed by atoms with Crippen LogP contribution in [0.1, 0.15) is 30.4 Å². The fourth-order valence-electron chi connectivity index (χ4n) is 2.38. The molecule has 0 radical (unpaired) electrons. The molecule has 3 heteroatoms. The summed E-state index contributed by atoms with van der Waals surface area (Å²) in [6.45, 7) is 5.69. The molecule has 1 aromatic carbocycles. The Kier molecular flexibility index (Phi) is 3.89. The van der Waals surface area contributed by atoms with Gasteiger partial charge in [0.15, 0.2) is 0 Å². The van der Waals surface area contributed by atoms with Gasteiger partial charge in [0.25, 0.3) is 0 Å². The normalized spacial score (nSPS) is 19.5. The number of nitrogens with two attached hydrogens (primary N) is 1. The van der Waals surface area contributed by atoms with Gasteiger partial charge in [0.2, 0.25) is 0 Å². The van der Waals surface area contributed by atoms with Gasteiger partial charge in [0.05, 0.1) is 12.7 Å². The van der Waals surface area contributed by atoms with Gasteiger partial charge < -0.3 is 15.2 Å². The Balaban J connectivity index is 1.89. The Hall–Kier alpha value is -1.22. The number of aryl methyl sites for hydroxylation is 2. The predicted octanol–water partition coefficient (Wildman–Crippen LogP) is 2.83. The van der Waals surface area contributed by atoms with Gasteiger partial charge in [-0.1, -0.05) is 0 Å². The van der Waals surface area contributed by atoms with Crippen LogP contribution in [0.3, 0.4) is 0 Å². The molecule has 0 spiro atoms. The van der Waals surface area contributed by atoms with Crippen molar-refractivity contribution in [3.63, 3.8) is 0 Å². The molecular weight excluding hydrogens is 214 g/mol. The summed E-state index contributed by atoms with van der Waals surface area (Å²) in [6.07, 6.45) is 3.72. The lowest BCUT2D eigenvalue weighted by molar-refractivity contribution is 0.0901.